The third-order valence-corrected chi connectivity index (χ3v) is 10.7. The van der Waals surface area contributed by atoms with Crippen LogP contribution in [0.4, 0.5) is 0 Å². The molecule has 0 spiro atoms. The highest BCUT2D eigenvalue weighted by atomic mass is 15.0. The number of nitriles is 1. The smallest absolute Gasteiger partial charge is 0.164 e. The lowest BCUT2D eigenvalue weighted by molar-refractivity contribution is 1.07. The second-order valence-electron chi connectivity index (χ2n) is 14.6. The first-order valence-electron chi connectivity index (χ1n) is 20.3. The van der Waals surface area contributed by atoms with Crippen LogP contribution in [0.25, 0.3) is 102 Å². The van der Waals surface area contributed by atoms with Gasteiger partial charge in [0.15, 0.2) is 34.9 Å². The van der Waals surface area contributed by atoms with Crippen molar-refractivity contribution in [1.29, 1.82) is 5.26 Å². The van der Waals surface area contributed by atoms with E-state index in [9.17, 15) is 5.26 Å². The van der Waals surface area contributed by atoms with Crippen molar-refractivity contribution < 1.29 is 0 Å². The van der Waals surface area contributed by atoms with E-state index in [0.29, 0.717) is 40.5 Å². The van der Waals surface area contributed by atoms with E-state index in [1.807, 2.05) is 158 Å². The van der Waals surface area contributed by atoms with Gasteiger partial charge in [-0.15, -0.1) is 0 Å². The Bertz CT molecular complexity index is 3200. The molecule has 0 bridgehead atoms. The molecule has 0 aliphatic heterocycles. The maximum atomic E-state index is 9.71. The van der Waals surface area contributed by atoms with Crippen molar-refractivity contribution >= 4 is 0 Å². The van der Waals surface area contributed by atoms with Crippen LogP contribution in [0.2, 0.25) is 0 Å². The molecule has 10 rings (SSSR count). The van der Waals surface area contributed by atoms with Crippen LogP contribution >= 0.6 is 0 Å². The van der Waals surface area contributed by atoms with E-state index in [1.54, 1.807) is 0 Å². The van der Waals surface area contributed by atoms with Gasteiger partial charge in [-0.2, -0.15) is 5.26 Å². The fraction of sp³-hybridized carbons (Fsp3) is 0. The molecule has 0 saturated carbocycles. The summed E-state index contributed by atoms with van der Waals surface area (Å²) in [5, 5.41) is 9.71. The van der Waals surface area contributed by atoms with Gasteiger partial charge in [-0.25, -0.2) is 29.9 Å². The maximum absolute atomic E-state index is 9.71. The van der Waals surface area contributed by atoms with E-state index in [2.05, 4.69) is 60.7 Å². The lowest BCUT2D eigenvalue weighted by atomic mass is 9.91. The number of hydrogen-bond donors (Lipinski definition) is 0. The van der Waals surface area contributed by atoms with Crippen LogP contribution in [0.1, 0.15) is 5.56 Å². The molecule has 10 aromatic rings. The predicted octanol–water partition coefficient (Wildman–Crippen LogP) is 12.9. The average molecular weight is 794 g/mol. The zero-order valence-electron chi connectivity index (χ0n) is 33.3. The summed E-state index contributed by atoms with van der Waals surface area (Å²) < 4.78 is 0. The molecular weight excluding hydrogens is 759 g/mol. The first-order chi connectivity index (χ1) is 30.7. The molecule has 0 atom stereocenters. The molecule has 0 radical (unpaired) electrons. The fourth-order valence-electron chi connectivity index (χ4n) is 7.67. The van der Waals surface area contributed by atoms with E-state index < -0.39 is 0 Å². The summed E-state index contributed by atoms with van der Waals surface area (Å²) in [6.07, 6.45) is 0. The van der Waals surface area contributed by atoms with Gasteiger partial charge in [0.1, 0.15) is 0 Å². The van der Waals surface area contributed by atoms with Gasteiger partial charge in [0, 0.05) is 33.4 Å². The Hall–Kier alpha value is -8.73. The van der Waals surface area contributed by atoms with Gasteiger partial charge in [0.2, 0.25) is 0 Å². The van der Waals surface area contributed by atoms with Crippen LogP contribution in [-0.4, -0.2) is 29.9 Å². The third kappa shape index (κ3) is 7.63. The summed E-state index contributed by atoms with van der Waals surface area (Å²) in [6, 6.07) is 72.9. The number of aromatic nitrogens is 6. The predicted molar refractivity (Wildman–Crippen MR) is 247 cm³/mol. The normalized spacial score (nSPS) is 10.9. The molecule has 7 nitrogen and oxygen atoms in total. The molecule has 0 saturated heterocycles. The Morgan fingerprint density at radius 3 is 1.05 bits per heavy atom. The Balaban J connectivity index is 1.11. The second kappa shape index (κ2) is 16.9. The number of nitrogens with zero attached hydrogens (tertiary/aromatic N) is 7. The molecule has 7 heteroatoms. The standard InChI is InChI=1S/C55H35N7/c56-36-37-18-16-25-41(34-37)45-29-11-14-32-48(45)54-60-52(40-23-8-3-9-24-40)61-55(62-54)49-33-15-13-31-47(49)46-30-12-10-28-44(46)42-26-17-27-43(35-42)53-58-50(38-19-4-1-5-20-38)57-51(59-53)39-21-6-2-7-22-39/h1-35H. The highest BCUT2D eigenvalue weighted by Gasteiger charge is 2.20. The Morgan fingerprint density at radius 2 is 0.548 bits per heavy atom. The molecular formula is C55H35N7. The fourth-order valence-corrected chi connectivity index (χ4v) is 7.67. The Morgan fingerprint density at radius 1 is 0.242 bits per heavy atom. The van der Waals surface area contributed by atoms with E-state index in [-0.39, 0.29) is 0 Å². The highest BCUT2D eigenvalue weighted by Crippen LogP contribution is 2.40. The molecule has 0 amide bonds. The number of rotatable bonds is 9. The van der Waals surface area contributed by atoms with Crippen molar-refractivity contribution in [3.05, 3.63) is 218 Å². The van der Waals surface area contributed by atoms with Crippen molar-refractivity contribution in [2.45, 2.75) is 0 Å². The topological polar surface area (TPSA) is 101 Å². The van der Waals surface area contributed by atoms with Crippen molar-refractivity contribution in [1.82, 2.24) is 29.9 Å². The highest BCUT2D eigenvalue weighted by molar-refractivity contribution is 5.92. The minimum atomic E-state index is 0.532. The van der Waals surface area contributed by atoms with Crippen LogP contribution in [-0.2, 0) is 0 Å². The van der Waals surface area contributed by atoms with E-state index in [0.717, 1.165) is 66.8 Å². The lowest BCUT2D eigenvalue weighted by Gasteiger charge is -2.16. The zero-order chi connectivity index (χ0) is 41.7. The minimum absolute atomic E-state index is 0.532. The Labute approximate surface area is 359 Å². The van der Waals surface area contributed by atoms with Crippen LogP contribution in [0, 0.1) is 11.3 Å². The molecule has 0 aliphatic rings. The SMILES string of the molecule is N#Cc1cccc(-c2ccccc2-c2nc(-c3ccccc3)nc(-c3ccccc3-c3ccccc3-c3cccc(-c4nc(-c5ccccc5)nc(-c5ccccc5)n4)c3)n2)c1. The first kappa shape index (κ1) is 37.5. The molecule has 0 fully saturated rings. The van der Waals surface area contributed by atoms with Crippen molar-refractivity contribution in [3.8, 4) is 108 Å². The van der Waals surface area contributed by atoms with Gasteiger partial charge in [0.25, 0.3) is 0 Å². The second-order valence-corrected chi connectivity index (χ2v) is 14.6. The number of hydrogen-bond acceptors (Lipinski definition) is 7. The van der Waals surface area contributed by atoms with Gasteiger partial charge in [-0.3, -0.25) is 0 Å². The maximum Gasteiger partial charge on any atom is 0.164 e. The summed E-state index contributed by atoms with van der Waals surface area (Å²) in [6.45, 7) is 0. The quantitative estimate of drug-likeness (QED) is 0.143. The molecule has 290 valence electrons. The summed E-state index contributed by atoms with van der Waals surface area (Å²) in [5.41, 5.74) is 11.7. The van der Waals surface area contributed by atoms with Gasteiger partial charge in [0.05, 0.1) is 11.6 Å². The Kier molecular flexibility index (Phi) is 10.2. The first-order valence-corrected chi connectivity index (χ1v) is 20.3. The van der Waals surface area contributed by atoms with Crippen LogP contribution in [0.3, 0.4) is 0 Å². The molecule has 62 heavy (non-hydrogen) atoms. The average Bonchev–Trinajstić information content (AvgIpc) is 3.37. The van der Waals surface area contributed by atoms with Gasteiger partial charge >= 0.3 is 0 Å². The van der Waals surface area contributed by atoms with Crippen molar-refractivity contribution in [2.75, 3.05) is 0 Å². The summed E-state index contributed by atoms with van der Waals surface area (Å²) in [7, 11) is 0. The van der Waals surface area contributed by atoms with Crippen LogP contribution < -0.4 is 0 Å². The van der Waals surface area contributed by atoms with Crippen LogP contribution in [0.15, 0.2) is 212 Å². The van der Waals surface area contributed by atoms with Gasteiger partial charge < -0.3 is 0 Å². The molecule has 0 unspecified atom stereocenters. The molecule has 2 heterocycles. The van der Waals surface area contributed by atoms with Crippen molar-refractivity contribution in [3.63, 3.8) is 0 Å². The summed E-state index contributed by atoms with van der Waals surface area (Å²) >= 11 is 0. The lowest BCUT2D eigenvalue weighted by Crippen LogP contribution is -2.02. The van der Waals surface area contributed by atoms with Gasteiger partial charge in [-0.05, 0) is 51.6 Å². The zero-order valence-corrected chi connectivity index (χ0v) is 33.3. The van der Waals surface area contributed by atoms with Crippen LogP contribution in [0.5, 0.6) is 0 Å². The minimum Gasteiger partial charge on any atom is -0.208 e. The van der Waals surface area contributed by atoms with E-state index in [4.69, 9.17) is 29.9 Å². The van der Waals surface area contributed by atoms with E-state index in [1.165, 1.54) is 0 Å². The molecule has 8 aromatic carbocycles. The van der Waals surface area contributed by atoms with Crippen molar-refractivity contribution in [2.24, 2.45) is 0 Å². The van der Waals surface area contributed by atoms with E-state index >= 15 is 0 Å². The number of benzene rings is 8. The monoisotopic (exact) mass is 793 g/mol. The molecule has 0 N–H and O–H groups in total. The molecule has 0 aliphatic carbocycles. The molecule has 2 aromatic heterocycles. The third-order valence-electron chi connectivity index (χ3n) is 10.7. The summed E-state index contributed by atoms with van der Waals surface area (Å²) in [4.78, 5) is 30.4. The largest absolute Gasteiger partial charge is 0.208 e. The summed E-state index contributed by atoms with van der Waals surface area (Å²) in [5.74, 6) is 3.44. The van der Waals surface area contributed by atoms with Gasteiger partial charge in [-0.1, -0.05) is 194 Å².